The molecule has 0 spiro atoms. The van der Waals surface area contributed by atoms with Gasteiger partial charge in [-0.25, -0.2) is 0 Å². The lowest BCUT2D eigenvalue weighted by Gasteiger charge is -2.12. The molecule has 0 radical (unpaired) electrons. The molecule has 0 aromatic heterocycles. The molecule has 1 unspecified atom stereocenters. The van der Waals surface area contributed by atoms with E-state index < -0.39 is 0 Å². The number of ether oxygens (including phenoxy) is 1. The van der Waals surface area contributed by atoms with Crippen molar-refractivity contribution in [2.24, 2.45) is 5.73 Å². The van der Waals surface area contributed by atoms with Crippen molar-refractivity contribution in [3.8, 4) is 5.75 Å². The Morgan fingerprint density at radius 1 is 1.41 bits per heavy atom. The smallest absolute Gasteiger partial charge is 0.137 e. The van der Waals surface area contributed by atoms with Crippen molar-refractivity contribution in [1.82, 2.24) is 4.90 Å². The van der Waals surface area contributed by atoms with Crippen molar-refractivity contribution < 1.29 is 4.74 Å². The zero-order chi connectivity index (χ0) is 12.8. The molecule has 17 heavy (non-hydrogen) atoms. The van der Waals surface area contributed by atoms with E-state index in [0.717, 1.165) is 24.3 Å². The van der Waals surface area contributed by atoms with Crippen LogP contribution in [0.25, 0.3) is 0 Å². The summed E-state index contributed by atoms with van der Waals surface area (Å²) < 4.78 is 5.62. The summed E-state index contributed by atoms with van der Waals surface area (Å²) in [4.78, 5) is 2.13. The third kappa shape index (κ3) is 4.94. The molecule has 0 saturated carbocycles. The second-order valence-electron chi connectivity index (χ2n) is 4.48. The summed E-state index contributed by atoms with van der Waals surface area (Å²) in [5.74, 6) is 0.731. The van der Waals surface area contributed by atoms with Crippen LogP contribution in [-0.4, -0.2) is 32.1 Å². The van der Waals surface area contributed by atoms with Crippen LogP contribution in [0.15, 0.2) is 18.2 Å². The largest absolute Gasteiger partial charge is 0.492 e. The molecule has 1 atom stereocenters. The number of hydrogen-bond acceptors (Lipinski definition) is 3. The lowest BCUT2D eigenvalue weighted by molar-refractivity contribution is 0.281. The fraction of sp³-hybridized carbons (Fsp3) is 0.538. The van der Waals surface area contributed by atoms with Gasteiger partial charge < -0.3 is 15.4 Å². The van der Waals surface area contributed by atoms with Gasteiger partial charge in [-0.15, -0.1) is 0 Å². The van der Waals surface area contributed by atoms with Gasteiger partial charge in [-0.05, 0) is 45.1 Å². The third-order valence-corrected chi connectivity index (χ3v) is 2.78. The summed E-state index contributed by atoms with van der Waals surface area (Å²) in [5, 5.41) is 0.629. The molecule has 0 amide bonds. The molecular weight excluding hydrogens is 236 g/mol. The Kier molecular flexibility index (Phi) is 5.75. The van der Waals surface area contributed by atoms with Crippen molar-refractivity contribution in [2.45, 2.75) is 19.4 Å². The van der Waals surface area contributed by atoms with Crippen LogP contribution in [0.5, 0.6) is 5.75 Å². The van der Waals surface area contributed by atoms with Gasteiger partial charge in [-0.2, -0.15) is 0 Å². The highest BCUT2D eigenvalue weighted by Gasteiger charge is 2.05. The average molecular weight is 257 g/mol. The summed E-state index contributed by atoms with van der Waals surface area (Å²) in [6, 6.07) is 5.71. The van der Waals surface area contributed by atoms with E-state index in [1.54, 1.807) is 0 Å². The highest BCUT2D eigenvalue weighted by molar-refractivity contribution is 6.32. The quantitative estimate of drug-likeness (QED) is 0.796. The number of rotatable bonds is 6. The van der Waals surface area contributed by atoms with Gasteiger partial charge in [-0.1, -0.05) is 17.7 Å². The van der Waals surface area contributed by atoms with Crippen molar-refractivity contribution in [3.05, 3.63) is 28.8 Å². The Bertz CT molecular complexity index is 353. The van der Waals surface area contributed by atoms with Crippen LogP contribution in [0.1, 0.15) is 24.9 Å². The molecule has 1 rings (SSSR count). The van der Waals surface area contributed by atoms with Crippen molar-refractivity contribution in [2.75, 3.05) is 27.2 Å². The predicted molar refractivity (Wildman–Crippen MR) is 72.7 cm³/mol. The zero-order valence-electron chi connectivity index (χ0n) is 10.7. The SMILES string of the molecule is CC(N)c1ccc(OCCCN(C)C)c(Cl)c1. The summed E-state index contributed by atoms with van der Waals surface area (Å²) in [6.45, 7) is 3.62. The molecule has 0 aliphatic heterocycles. The summed E-state index contributed by atoms with van der Waals surface area (Å²) in [6.07, 6.45) is 0.984. The third-order valence-electron chi connectivity index (χ3n) is 2.49. The van der Waals surface area contributed by atoms with Gasteiger partial charge >= 0.3 is 0 Å². The molecule has 1 aromatic rings. The van der Waals surface area contributed by atoms with E-state index in [1.165, 1.54) is 0 Å². The average Bonchev–Trinajstić information content (AvgIpc) is 2.25. The van der Waals surface area contributed by atoms with Crippen LogP contribution in [0.4, 0.5) is 0 Å². The highest BCUT2D eigenvalue weighted by atomic mass is 35.5. The van der Waals surface area contributed by atoms with E-state index >= 15 is 0 Å². The minimum atomic E-state index is -0.00436. The first kappa shape index (κ1) is 14.3. The number of hydrogen-bond donors (Lipinski definition) is 1. The van der Waals surface area contributed by atoms with E-state index in [2.05, 4.69) is 4.90 Å². The van der Waals surface area contributed by atoms with Crippen molar-refractivity contribution in [3.63, 3.8) is 0 Å². The van der Waals surface area contributed by atoms with Crippen LogP contribution in [-0.2, 0) is 0 Å². The number of nitrogens with two attached hydrogens (primary N) is 1. The first-order valence-corrected chi connectivity index (χ1v) is 6.21. The number of nitrogens with zero attached hydrogens (tertiary/aromatic N) is 1. The van der Waals surface area contributed by atoms with Crippen molar-refractivity contribution in [1.29, 1.82) is 0 Å². The molecule has 0 fully saturated rings. The standard InChI is InChI=1S/C13H21ClN2O/c1-10(15)11-5-6-13(12(14)9-11)17-8-4-7-16(2)3/h5-6,9-10H,4,7-8,15H2,1-3H3. The molecule has 0 aliphatic carbocycles. The first-order chi connectivity index (χ1) is 8.00. The Labute approximate surface area is 109 Å². The van der Waals surface area contributed by atoms with Gasteiger partial charge in [0.05, 0.1) is 11.6 Å². The van der Waals surface area contributed by atoms with Crippen LogP contribution >= 0.6 is 11.6 Å². The first-order valence-electron chi connectivity index (χ1n) is 5.83. The topological polar surface area (TPSA) is 38.5 Å². The van der Waals surface area contributed by atoms with E-state index in [9.17, 15) is 0 Å². The molecule has 3 nitrogen and oxygen atoms in total. The number of benzene rings is 1. The molecule has 0 saturated heterocycles. The fourth-order valence-corrected chi connectivity index (χ4v) is 1.72. The predicted octanol–water partition coefficient (Wildman–Crippen LogP) is 2.69. The molecular formula is C13H21ClN2O. The molecule has 2 N–H and O–H groups in total. The Balaban J connectivity index is 2.49. The summed E-state index contributed by atoms with van der Waals surface area (Å²) in [5.41, 5.74) is 6.81. The van der Waals surface area contributed by atoms with Crippen LogP contribution < -0.4 is 10.5 Å². The molecule has 96 valence electrons. The van der Waals surface area contributed by atoms with Gasteiger partial charge in [-0.3, -0.25) is 0 Å². The lowest BCUT2D eigenvalue weighted by atomic mass is 10.1. The van der Waals surface area contributed by atoms with Crippen LogP contribution in [0, 0.1) is 0 Å². The van der Waals surface area contributed by atoms with Crippen LogP contribution in [0.3, 0.4) is 0 Å². The van der Waals surface area contributed by atoms with E-state index in [0.29, 0.717) is 11.6 Å². The van der Waals surface area contributed by atoms with Gasteiger partial charge in [0, 0.05) is 12.6 Å². The summed E-state index contributed by atoms with van der Waals surface area (Å²) in [7, 11) is 4.09. The maximum atomic E-state index is 6.12. The van der Waals surface area contributed by atoms with E-state index in [-0.39, 0.29) is 6.04 Å². The van der Waals surface area contributed by atoms with Crippen molar-refractivity contribution >= 4 is 11.6 Å². The molecule has 0 aliphatic rings. The monoisotopic (exact) mass is 256 g/mol. The van der Waals surface area contributed by atoms with E-state index in [1.807, 2.05) is 39.2 Å². The number of halogens is 1. The van der Waals surface area contributed by atoms with E-state index in [4.69, 9.17) is 22.1 Å². The molecule has 4 heteroatoms. The molecule has 0 bridgehead atoms. The highest BCUT2D eigenvalue weighted by Crippen LogP contribution is 2.27. The van der Waals surface area contributed by atoms with Gasteiger partial charge in [0.1, 0.15) is 5.75 Å². The summed E-state index contributed by atoms with van der Waals surface area (Å²) >= 11 is 6.12. The van der Waals surface area contributed by atoms with Crippen LogP contribution in [0.2, 0.25) is 5.02 Å². The van der Waals surface area contributed by atoms with Gasteiger partial charge in [0.15, 0.2) is 0 Å². The van der Waals surface area contributed by atoms with Gasteiger partial charge in [0.25, 0.3) is 0 Å². The molecule has 0 heterocycles. The minimum Gasteiger partial charge on any atom is -0.492 e. The Morgan fingerprint density at radius 2 is 2.12 bits per heavy atom. The second kappa shape index (κ2) is 6.84. The second-order valence-corrected chi connectivity index (χ2v) is 4.89. The fourth-order valence-electron chi connectivity index (χ4n) is 1.48. The Morgan fingerprint density at radius 3 is 2.65 bits per heavy atom. The maximum Gasteiger partial charge on any atom is 0.137 e. The Hall–Kier alpha value is -0.770. The normalized spacial score (nSPS) is 12.8. The lowest BCUT2D eigenvalue weighted by Crippen LogP contribution is -2.15. The van der Waals surface area contributed by atoms with Gasteiger partial charge in [0.2, 0.25) is 0 Å². The zero-order valence-corrected chi connectivity index (χ0v) is 11.5. The minimum absolute atomic E-state index is 0.00436. The maximum absolute atomic E-state index is 6.12. The molecule has 1 aromatic carbocycles.